The Hall–Kier alpha value is -1.51. The lowest BCUT2D eigenvalue weighted by Crippen LogP contribution is -2.74. The van der Waals surface area contributed by atoms with Gasteiger partial charge in [0.25, 0.3) is 5.67 Å². The third kappa shape index (κ3) is 2.75. The van der Waals surface area contributed by atoms with Gasteiger partial charge >= 0.3 is 41.8 Å². The van der Waals surface area contributed by atoms with Crippen molar-refractivity contribution in [3.63, 3.8) is 0 Å². The summed E-state index contributed by atoms with van der Waals surface area (Å²) in [7, 11) is 0. The van der Waals surface area contributed by atoms with Crippen LogP contribution in [0.15, 0.2) is 0 Å². The number of alkyl halides is 14. The summed E-state index contributed by atoms with van der Waals surface area (Å²) in [6.45, 7) is 0.0543. The molecule has 1 N–H and O–H groups in total. The van der Waals surface area contributed by atoms with Crippen LogP contribution >= 0.6 is 0 Å². The molecule has 0 aromatic rings. The SMILES string of the molecule is CCC(F)(C(=O)O)C(F)(F)C(F)(F)C(F)(F)C(F)(F)C(F)(F)C(F)(F)F. The van der Waals surface area contributed by atoms with Gasteiger partial charge in [-0.05, 0) is 6.42 Å². The maximum atomic E-state index is 13.5. The molecule has 0 rings (SSSR count). The zero-order chi connectivity index (χ0) is 21.8. The Morgan fingerprint density at radius 1 is 0.615 bits per heavy atom. The number of rotatable bonds is 7. The van der Waals surface area contributed by atoms with Gasteiger partial charge in [0.2, 0.25) is 0 Å². The van der Waals surface area contributed by atoms with Crippen LogP contribution in [0.1, 0.15) is 13.3 Å². The van der Waals surface area contributed by atoms with E-state index in [9.17, 15) is 66.3 Å². The third-order valence-corrected chi connectivity index (χ3v) is 3.26. The fourth-order valence-corrected chi connectivity index (χ4v) is 1.53. The third-order valence-electron chi connectivity index (χ3n) is 3.26. The number of hydrogen-bond acceptors (Lipinski definition) is 1. The predicted molar refractivity (Wildman–Crippen MR) is 52.6 cm³/mol. The van der Waals surface area contributed by atoms with Gasteiger partial charge in [-0.3, -0.25) is 0 Å². The first kappa shape index (κ1) is 24.5. The minimum absolute atomic E-state index is 0.0543. The molecular formula is C10H6F14O2. The molecule has 1 atom stereocenters. The van der Waals surface area contributed by atoms with Gasteiger partial charge in [-0.15, -0.1) is 0 Å². The molecular weight excluding hydrogens is 418 g/mol. The monoisotopic (exact) mass is 424 g/mol. The molecule has 1 unspecified atom stereocenters. The highest BCUT2D eigenvalue weighted by Crippen LogP contribution is 2.62. The molecule has 0 saturated carbocycles. The van der Waals surface area contributed by atoms with Crippen LogP contribution in [0.4, 0.5) is 61.5 Å². The van der Waals surface area contributed by atoms with Crippen LogP contribution in [0.5, 0.6) is 0 Å². The molecule has 0 fully saturated rings. The van der Waals surface area contributed by atoms with Gasteiger partial charge in [-0.1, -0.05) is 6.92 Å². The Labute approximate surface area is 133 Å². The molecule has 0 bridgehead atoms. The topological polar surface area (TPSA) is 37.3 Å². The molecule has 26 heavy (non-hydrogen) atoms. The Balaban J connectivity index is 6.65. The van der Waals surface area contributed by atoms with E-state index in [2.05, 4.69) is 0 Å². The van der Waals surface area contributed by atoms with E-state index in [0.717, 1.165) is 0 Å². The second-order valence-corrected chi connectivity index (χ2v) is 4.83. The van der Waals surface area contributed by atoms with Gasteiger partial charge in [0, 0.05) is 0 Å². The van der Waals surface area contributed by atoms with Crippen molar-refractivity contribution in [1.29, 1.82) is 0 Å². The molecule has 16 heteroatoms. The lowest BCUT2D eigenvalue weighted by atomic mass is 9.84. The maximum Gasteiger partial charge on any atom is 0.460 e. The number of carboxylic acid groups (broad SMARTS) is 1. The van der Waals surface area contributed by atoms with Crippen molar-refractivity contribution in [1.82, 2.24) is 0 Å². The highest BCUT2D eigenvalue weighted by atomic mass is 19.4. The van der Waals surface area contributed by atoms with Gasteiger partial charge in [0.05, 0.1) is 0 Å². The molecule has 0 aliphatic rings. The van der Waals surface area contributed by atoms with Gasteiger partial charge < -0.3 is 5.11 Å². The highest BCUT2D eigenvalue weighted by molar-refractivity contribution is 5.79. The zero-order valence-corrected chi connectivity index (χ0v) is 11.9. The quantitative estimate of drug-likeness (QED) is 0.589. The summed E-state index contributed by atoms with van der Waals surface area (Å²) in [6, 6.07) is 0. The number of aliphatic carboxylic acids is 1. The second kappa shape index (κ2) is 6.00. The van der Waals surface area contributed by atoms with Crippen LogP contribution in [0.3, 0.4) is 0 Å². The number of carboxylic acids is 1. The Bertz CT molecular complexity index is 550. The van der Waals surface area contributed by atoms with E-state index >= 15 is 0 Å². The van der Waals surface area contributed by atoms with E-state index in [1.54, 1.807) is 0 Å². The van der Waals surface area contributed by atoms with Crippen molar-refractivity contribution in [2.75, 3.05) is 0 Å². The second-order valence-electron chi connectivity index (χ2n) is 4.83. The van der Waals surface area contributed by atoms with Crippen molar-refractivity contribution >= 4 is 5.97 Å². The number of halogens is 14. The molecule has 0 aliphatic carbocycles. The van der Waals surface area contributed by atoms with Crippen molar-refractivity contribution in [2.24, 2.45) is 0 Å². The van der Waals surface area contributed by atoms with E-state index in [1.807, 2.05) is 0 Å². The molecule has 0 amide bonds. The van der Waals surface area contributed by atoms with Crippen molar-refractivity contribution in [2.45, 2.75) is 54.8 Å². The van der Waals surface area contributed by atoms with Crippen molar-refractivity contribution < 1.29 is 71.4 Å². The largest absolute Gasteiger partial charge is 0.479 e. The average molecular weight is 424 g/mol. The van der Waals surface area contributed by atoms with E-state index in [4.69, 9.17) is 5.11 Å². The maximum absolute atomic E-state index is 13.5. The fraction of sp³-hybridized carbons (Fsp3) is 0.900. The molecule has 0 spiro atoms. The average Bonchev–Trinajstić information content (AvgIpc) is 2.43. The number of hydrogen-bond donors (Lipinski definition) is 1. The molecule has 0 saturated heterocycles. The zero-order valence-electron chi connectivity index (χ0n) is 11.9. The van der Waals surface area contributed by atoms with Crippen LogP contribution in [0.25, 0.3) is 0 Å². The first-order chi connectivity index (χ1) is 11.0. The summed E-state index contributed by atoms with van der Waals surface area (Å²) in [5, 5.41) is 8.14. The normalized spacial score (nSPS) is 17.8. The van der Waals surface area contributed by atoms with Gasteiger partial charge in [0.1, 0.15) is 0 Å². The summed E-state index contributed by atoms with van der Waals surface area (Å²) in [6.07, 6.45) is -9.86. The summed E-state index contributed by atoms with van der Waals surface area (Å²) in [4.78, 5) is 10.3. The molecule has 0 heterocycles. The first-order valence-electron chi connectivity index (χ1n) is 5.88. The molecule has 0 aliphatic heterocycles. The Kier molecular flexibility index (Phi) is 5.65. The van der Waals surface area contributed by atoms with Crippen LogP contribution in [-0.2, 0) is 4.79 Å². The summed E-state index contributed by atoms with van der Waals surface area (Å²) in [5.41, 5.74) is -5.70. The summed E-state index contributed by atoms with van der Waals surface area (Å²) < 4.78 is 179. The molecule has 156 valence electrons. The lowest BCUT2D eigenvalue weighted by molar-refractivity contribution is -0.445. The van der Waals surface area contributed by atoms with Crippen LogP contribution < -0.4 is 0 Å². The summed E-state index contributed by atoms with van der Waals surface area (Å²) in [5.74, 6) is -43.3. The predicted octanol–water partition coefficient (Wildman–Crippen LogP) is 4.93. The number of carbonyl (C=O) groups is 1. The van der Waals surface area contributed by atoms with Crippen LogP contribution in [0.2, 0.25) is 0 Å². The summed E-state index contributed by atoms with van der Waals surface area (Å²) >= 11 is 0. The fourth-order valence-electron chi connectivity index (χ4n) is 1.53. The minimum Gasteiger partial charge on any atom is -0.479 e. The van der Waals surface area contributed by atoms with E-state index in [1.165, 1.54) is 0 Å². The highest BCUT2D eigenvalue weighted by Gasteiger charge is 2.93. The minimum atomic E-state index is -8.23. The van der Waals surface area contributed by atoms with Crippen LogP contribution in [0, 0.1) is 0 Å². The van der Waals surface area contributed by atoms with E-state index in [-0.39, 0.29) is 6.92 Å². The Morgan fingerprint density at radius 3 is 1.12 bits per heavy atom. The van der Waals surface area contributed by atoms with Gasteiger partial charge in [-0.2, -0.15) is 57.1 Å². The van der Waals surface area contributed by atoms with E-state index < -0.39 is 53.8 Å². The van der Waals surface area contributed by atoms with Gasteiger partial charge in [0.15, 0.2) is 0 Å². The molecule has 0 radical (unpaired) electrons. The van der Waals surface area contributed by atoms with Crippen LogP contribution in [-0.4, -0.2) is 52.5 Å². The van der Waals surface area contributed by atoms with Crippen molar-refractivity contribution in [3.05, 3.63) is 0 Å². The van der Waals surface area contributed by atoms with E-state index in [0.29, 0.717) is 0 Å². The smallest absolute Gasteiger partial charge is 0.460 e. The Morgan fingerprint density at radius 2 is 0.885 bits per heavy atom. The van der Waals surface area contributed by atoms with Gasteiger partial charge in [-0.25, -0.2) is 9.18 Å². The standard InChI is InChI=1S/C10H6F14O2/c1-2-4(11,3(25)26)5(12,13)6(14,15)7(16,17)8(18,19)9(20,21)10(22,23)24/h2H2,1H3,(H,25,26). The first-order valence-corrected chi connectivity index (χ1v) is 5.88. The molecule has 2 nitrogen and oxygen atoms in total. The molecule has 0 aromatic heterocycles. The molecule has 0 aromatic carbocycles. The van der Waals surface area contributed by atoms with Crippen molar-refractivity contribution in [3.8, 4) is 0 Å². The lowest BCUT2D eigenvalue weighted by Gasteiger charge is -2.42.